The normalized spacial score (nSPS) is 18.9. The van der Waals surface area contributed by atoms with E-state index in [9.17, 15) is 10.1 Å². The van der Waals surface area contributed by atoms with E-state index in [1.54, 1.807) is 0 Å². The van der Waals surface area contributed by atoms with Crippen LogP contribution in [0, 0.1) is 11.3 Å². The number of nitrogens with one attached hydrogen (secondary N) is 2. The Kier molecular flexibility index (Phi) is 6.54. The van der Waals surface area contributed by atoms with Gasteiger partial charge in [0.2, 0.25) is 0 Å². The van der Waals surface area contributed by atoms with Gasteiger partial charge in [-0.2, -0.15) is 5.26 Å². The van der Waals surface area contributed by atoms with Crippen LogP contribution in [0.4, 0.5) is 11.4 Å². The molecular formula is C21H28N4O. The fourth-order valence-corrected chi connectivity index (χ4v) is 3.73. The van der Waals surface area contributed by atoms with Gasteiger partial charge in [-0.15, -0.1) is 0 Å². The molecule has 3 rings (SSSR count). The van der Waals surface area contributed by atoms with Gasteiger partial charge in [-0.25, -0.2) is 0 Å². The zero-order valence-corrected chi connectivity index (χ0v) is 15.3. The third-order valence-corrected chi connectivity index (χ3v) is 5.28. The molecule has 0 aromatic heterocycles. The van der Waals surface area contributed by atoms with Crippen LogP contribution in [0.2, 0.25) is 0 Å². The Bertz CT molecular complexity index is 662. The van der Waals surface area contributed by atoms with Gasteiger partial charge < -0.3 is 15.5 Å². The topological polar surface area (TPSA) is 68.2 Å². The molecule has 1 heterocycles. The van der Waals surface area contributed by atoms with Crippen molar-refractivity contribution in [3.8, 4) is 6.07 Å². The van der Waals surface area contributed by atoms with Gasteiger partial charge in [0.1, 0.15) is 11.6 Å². The average Bonchev–Trinajstić information content (AvgIpc) is 2.70. The molecule has 5 nitrogen and oxygen atoms in total. The molecule has 138 valence electrons. The summed E-state index contributed by atoms with van der Waals surface area (Å²) < 4.78 is 0. The van der Waals surface area contributed by atoms with Crippen LogP contribution < -0.4 is 15.5 Å². The Morgan fingerprint density at radius 2 is 1.69 bits per heavy atom. The minimum atomic E-state index is -0.281. The zero-order chi connectivity index (χ0) is 18.2. The second kappa shape index (κ2) is 9.28. The molecule has 0 atom stereocenters. The second-order valence-corrected chi connectivity index (χ2v) is 7.22. The molecule has 1 aromatic carbocycles. The van der Waals surface area contributed by atoms with Crippen LogP contribution >= 0.6 is 0 Å². The predicted octanol–water partition coefficient (Wildman–Crippen LogP) is 3.95. The Labute approximate surface area is 156 Å². The van der Waals surface area contributed by atoms with E-state index in [0.717, 1.165) is 44.5 Å². The predicted molar refractivity (Wildman–Crippen MR) is 105 cm³/mol. The zero-order valence-electron chi connectivity index (χ0n) is 15.3. The van der Waals surface area contributed by atoms with E-state index in [0.29, 0.717) is 0 Å². The first-order valence-corrected chi connectivity index (χ1v) is 9.79. The quantitative estimate of drug-likeness (QED) is 0.622. The fourth-order valence-electron chi connectivity index (χ4n) is 3.73. The number of piperidine rings is 1. The van der Waals surface area contributed by atoms with Gasteiger partial charge in [-0.05, 0) is 56.4 Å². The molecule has 1 aromatic rings. The number of benzene rings is 1. The number of nitrogens with zero attached hydrogens (tertiary/aromatic N) is 2. The smallest absolute Gasteiger partial charge is 0.263 e. The van der Waals surface area contributed by atoms with Crippen molar-refractivity contribution in [1.82, 2.24) is 5.32 Å². The van der Waals surface area contributed by atoms with Gasteiger partial charge in [0.25, 0.3) is 5.91 Å². The molecule has 1 saturated carbocycles. The van der Waals surface area contributed by atoms with Crippen molar-refractivity contribution >= 4 is 17.3 Å². The van der Waals surface area contributed by atoms with Gasteiger partial charge in [0.15, 0.2) is 0 Å². The lowest BCUT2D eigenvalue weighted by atomic mass is 9.95. The van der Waals surface area contributed by atoms with Gasteiger partial charge in [0, 0.05) is 36.7 Å². The second-order valence-electron chi connectivity index (χ2n) is 7.22. The van der Waals surface area contributed by atoms with Crippen LogP contribution in [-0.2, 0) is 4.79 Å². The van der Waals surface area contributed by atoms with Gasteiger partial charge in [0.05, 0.1) is 0 Å². The fraction of sp³-hybridized carbons (Fsp3) is 0.524. The number of hydrogen-bond donors (Lipinski definition) is 2. The molecule has 26 heavy (non-hydrogen) atoms. The highest BCUT2D eigenvalue weighted by molar-refractivity contribution is 5.97. The summed E-state index contributed by atoms with van der Waals surface area (Å²) in [6.07, 6.45) is 10.9. The number of nitriles is 1. The van der Waals surface area contributed by atoms with E-state index in [1.807, 2.05) is 18.2 Å². The summed E-state index contributed by atoms with van der Waals surface area (Å²) in [5, 5.41) is 15.4. The highest BCUT2D eigenvalue weighted by atomic mass is 16.1. The SMILES string of the molecule is N#C/C(=C/Nc1ccc(N2CCCCC2)cc1)C(=O)NC1CCCCC1. The Morgan fingerprint density at radius 1 is 1.04 bits per heavy atom. The van der Waals surface area contributed by atoms with Crippen LogP contribution in [0.25, 0.3) is 0 Å². The summed E-state index contributed by atoms with van der Waals surface area (Å²) in [6.45, 7) is 2.24. The number of anilines is 2. The molecule has 5 heteroatoms. The number of amides is 1. The van der Waals surface area contributed by atoms with Gasteiger partial charge in [-0.1, -0.05) is 19.3 Å². The van der Waals surface area contributed by atoms with Crippen LogP contribution in [-0.4, -0.2) is 25.0 Å². The minimum absolute atomic E-state index is 0.121. The van der Waals surface area contributed by atoms with Gasteiger partial charge >= 0.3 is 0 Å². The van der Waals surface area contributed by atoms with Crippen molar-refractivity contribution in [2.45, 2.75) is 57.4 Å². The number of carbonyl (C=O) groups excluding carboxylic acids is 1. The minimum Gasteiger partial charge on any atom is -0.372 e. The van der Waals surface area contributed by atoms with E-state index in [4.69, 9.17) is 0 Å². The van der Waals surface area contributed by atoms with E-state index < -0.39 is 0 Å². The van der Waals surface area contributed by atoms with Crippen LogP contribution in [0.1, 0.15) is 51.4 Å². The lowest BCUT2D eigenvalue weighted by Gasteiger charge is -2.28. The van der Waals surface area contributed by atoms with Crippen molar-refractivity contribution in [3.63, 3.8) is 0 Å². The first kappa shape index (κ1) is 18.3. The van der Waals surface area contributed by atoms with E-state index in [2.05, 4.69) is 27.7 Å². The lowest BCUT2D eigenvalue weighted by molar-refractivity contribution is -0.118. The molecule has 0 bridgehead atoms. The highest BCUT2D eigenvalue weighted by Crippen LogP contribution is 2.22. The number of hydrogen-bond acceptors (Lipinski definition) is 4. The maximum atomic E-state index is 12.3. The molecule has 2 N–H and O–H groups in total. The van der Waals surface area contributed by atoms with Crippen molar-refractivity contribution in [3.05, 3.63) is 36.0 Å². The summed E-state index contributed by atoms with van der Waals surface area (Å²) in [7, 11) is 0. The largest absolute Gasteiger partial charge is 0.372 e. The van der Waals surface area contributed by atoms with Crippen molar-refractivity contribution in [1.29, 1.82) is 5.26 Å². The Morgan fingerprint density at radius 3 is 2.35 bits per heavy atom. The van der Waals surface area contributed by atoms with Crippen LogP contribution in [0.15, 0.2) is 36.0 Å². The maximum Gasteiger partial charge on any atom is 0.263 e. The molecule has 2 aliphatic rings. The van der Waals surface area contributed by atoms with Crippen molar-refractivity contribution in [2.24, 2.45) is 0 Å². The molecule has 0 spiro atoms. The monoisotopic (exact) mass is 352 g/mol. The summed E-state index contributed by atoms with van der Waals surface area (Å²) in [6, 6.07) is 10.4. The molecule has 1 aliphatic heterocycles. The number of carbonyl (C=O) groups is 1. The first-order valence-electron chi connectivity index (χ1n) is 9.79. The molecule has 1 aliphatic carbocycles. The number of rotatable bonds is 5. The third-order valence-electron chi connectivity index (χ3n) is 5.28. The standard InChI is InChI=1S/C21H28N4O/c22-15-17(21(26)24-19-7-3-1-4-8-19)16-23-18-9-11-20(12-10-18)25-13-5-2-6-14-25/h9-12,16,19,23H,1-8,13-14H2,(H,24,26)/b17-16-. The van der Waals surface area contributed by atoms with Crippen molar-refractivity contribution < 1.29 is 4.79 Å². The first-order chi connectivity index (χ1) is 12.8. The summed E-state index contributed by atoms with van der Waals surface area (Å²) in [5.74, 6) is -0.281. The van der Waals surface area contributed by atoms with E-state index >= 15 is 0 Å². The highest BCUT2D eigenvalue weighted by Gasteiger charge is 2.18. The van der Waals surface area contributed by atoms with E-state index in [-0.39, 0.29) is 17.5 Å². The molecule has 0 radical (unpaired) electrons. The summed E-state index contributed by atoms with van der Waals surface area (Å²) in [4.78, 5) is 14.7. The Hall–Kier alpha value is -2.48. The molecule has 2 fully saturated rings. The third kappa shape index (κ3) is 5.01. The van der Waals surface area contributed by atoms with E-state index in [1.165, 1.54) is 37.6 Å². The van der Waals surface area contributed by atoms with Crippen LogP contribution in [0.3, 0.4) is 0 Å². The Balaban J connectivity index is 1.56. The average molecular weight is 352 g/mol. The maximum absolute atomic E-state index is 12.3. The lowest BCUT2D eigenvalue weighted by Crippen LogP contribution is -2.37. The molecule has 0 unspecified atom stereocenters. The molecule has 1 saturated heterocycles. The van der Waals surface area contributed by atoms with Crippen LogP contribution in [0.5, 0.6) is 0 Å². The summed E-state index contributed by atoms with van der Waals surface area (Å²) in [5.41, 5.74) is 2.23. The van der Waals surface area contributed by atoms with Gasteiger partial charge in [-0.3, -0.25) is 4.79 Å². The molecule has 1 amide bonds. The molecular weight excluding hydrogens is 324 g/mol. The van der Waals surface area contributed by atoms with Crippen molar-refractivity contribution in [2.75, 3.05) is 23.3 Å². The summed E-state index contributed by atoms with van der Waals surface area (Å²) >= 11 is 0.